The van der Waals surface area contributed by atoms with E-state index in [-0.39, 0.29) is 10.4 Å². The van der Waals surface area contributed by atoms with Gasteiger partial charge in [0.15, 0.2) is 10.4 Å². The second-order valence-corrected chi connectivity index (χ2v) is 3.06. The number of rotatable bonds is 0. The van der Waals surface area contributed by atoms with Crippen molar-refractivity contribution in [1.29, 1.82) is 0 Å². The maximum absolute atomic E-state index is 12.2. The Bertz CT molecular complexity index is 525. The summed E-state index contributed by atoms with van der Waals surface area (Å²) in [6, 6.07) is 1.89. The number of hydrogen-bond acceptors (Lipinski definition) is 2. The first-order valence-corrected chi connectivity index (χ1v) is 4.03. The van der Waals surface area contributed by atoms with Crippen LogP contribution in [0, 0.1) is 4.77 Å². The molecule has 0 bridgehead atoms. The van der Waals surface area contributed by atoms with Crippen LogP contribution in [0.1, 0.15) is 5.56 Å². The molecule has 0 saturated carbocycles. The van der Waals surface area contributed by atoms with Gasteiger partial charge in [-0.1, -0.05) is 0 Å². The van der Waals surface area contributed by atoms with Crippen LogP contribution in [0.15, 0.2) is 18.3 Å². The highest BCUT2D eigenvalue weighted by molar-refractivity contribution is 7.71. The molecule has 1 N–H and O–H groups in total. The fourth-order valence-electron chi connectivity index (χ4n) is 1.08. The number of aromatic nitrogens is 3. The summed E-state index contributed by atoms with van der Waals surface area (Å²) in [5, 5.41) is 6.04. The highest BCUT2D eigenvalue weighted by Gasteiger charge is 2.30. The number of halogens is 3. The zero-order chi connectivity index (χ0) is 10.3. The van der Waals surface area contributed by atoms with E-state index in [0.29, 0.717) is 0 Å². The summed E-state index contributed by atoms with van der Waals surface area (Å²) in [5.41, 5.74) is -0.580. The maximum Gasteiger partial charge on any atom is 0.416 e. The van der Waals surface area contributed by atoms with Gasteiger partial charge in [-0.05, 0) is 24.4 Å². The van der Waals surface area contributed by atoms with Crippen molar-refractivity contribution >= 4 is 17.9 Å². The molecule has 0 aromatic carbocycles. The number of fused-ring (bicyclic) bond motifs is 1. The van der Waals surface area contributed by atoms with Crippen LogP contribution in [0.5, 0.6) is 0 Å². The Balaban J connectivity index is 2.69. The summed E-state index contributed by atoms with van der Waals surface area (Å²) in [5.74, 6) is 0. The molecule has 2 rings (SSSR count). The van der Waals surface area contributed by atoms with Gasteiger partial charge in [0.2, 0.25) is 0 Å². The molecule has 0 aliphatic heterocycles. The minimum atomic E-state index is -4.35. The maximum atomic E-state index is 12.2. The lowest BCUT2D eigenvalue weighted by Gasteiger charge is -2.05. The normalized spacial score (nSPS) is 12.2. The minimum Gasteiger partial charge on any atom is -0.276 e. The summed E-state index contributed by atoms with van der Waals surface area (Å²) in [6.45, 7) is 0. The first-order chi connectivity index (χ1) is 6.48. The first-order valence-electron chi connectivity index (χ1n) is 3.62. The Morgan fingerprint density at radius 2 is 2.14 bits per heavy atom. The molecule has 74 valence electrons. The van der Waals surface area contributed by atoms with Crippen molar-refractivity contribution in [3.05, 3.63) is 28.7 Å². The van der Waals surface area contributed by atoms with E-state index < -0.39 is 11.7 Å². The van der Waals surface area contributed by atoms with Gasteiger partial charge in [-0.3, -0.25) is 9.50 Å². The minimum absolute atomic E-state index is 0.157. The number of hydrogen-bond donors (Lipinski definition) is 1. The SMILES string of the molecule is FC(F)(F)c1ccn2c(=S)[nH]nc2c1. The lowest BCUT2D eigenvalue weighted by Crippen LogP contribution is -2.05. The molecule has 14 heavy (non-hydrogen) atoms. The standard InChI is InChI=1S/C7H4F3N3S/c8-7(9,10)4-1-2-13-5(3-4)11-12-6(13)14/h1-3H,(H,12,14). The fraction of sp³-hybridized carbons (Fsp3) is 0.143. The van der Waals surface area contributed by atoms with Gasteiger partial charge in [0.25, 0.3) is 0 Å². The van der Waals surface area contributed by atoms with Crippen LogP contribution in [0.2, 0.25) is 0 Å². The molecular weight excluding hydrogens is 215 g/mol. The lowest BCUT2D eigenvalue weighted by atomic mass is 10.2. The molecule has 0 fully saturated rings. The number of aromatic amines is 1. The van der Waals surface area contributed by atoms with Crippen molar-refractivity contribution in [1.82, 2.24) is 14.6 Å². The van der Waals surface area contributed by atoms with Gasteiger partial charge in [0.05, 0.1) is 5.56 Å². The van der Waals surface area contributed by atoms with Crippen molar-refractivity contribution in [2.75, 3.05) is 0 Å². The predicted octanol–water partition coefficient (Wildman–Crippen LogP) is 2.41. The third-order valence-electron chi connectivity index (χ3n) is 1.75. The second-order valence-electron chi connectivity index (χ2n) is 2.67. The monoisotopic (exact) mass is 219 g/mol. The Labute approximate surface area is 81.2 Å². The molecule has 0 atom stereocenters. The van der Waals surface area contributed by atoms with Crippen LogP contribution in [0.3, 0.4) is 0 Å². The number of pyridine rings is 1. The van der Waals surface area contributed by atoms with E-state index in [1.807, 2.05) is 0 Å². The average Bonchev–Trinajstić information content (AvgIpc) is 2.46. The highest BCUT2D eigenvalue weighted by atomic mass is 32.1. The van der Waals surface area contributed by atoms with Crippen LogP contribution in [-0.2, 0) is 6.18 Å². The molecule has 7 heteroatoms. The fourth-order valence-corrected chi connectivity index (χ4v) is 1.28. The van der Waals surface area contributed by atoms with E-state index in [9.17, 15) is 13.2 Å². The average molecular weight is 219 g/mol. The molecule has 0 radical (unpaired) electrons. The molecular formula is C7H4F3N3S. The summed E-state index contributed by atoms with van der Waals surface area (Å²) in [7, 11) is 0. The molecule has 0 amide bonds. The predicted molar refractivity (Wildman–Crippen MR) is 45.4 cm³/mol. The van der Waals surface area contributed by atoms with Gasteiger partial charge in [-0.2, -0.15) is 18.3 Å². The topological polar surface area (TPSA) is 33.1 Å². The first kappa shape index (κ1) is 9.20. The largest absolute Gasteiger partial charge is 0.416 e. The van der Waals surface area contributed by atoms with Crippen molar-refractivity contribution in [3.63, 3.8) is 0 Å². The summed E-state index contributed by atoms with van der Waals surface area (Å²) in [4.78, 5) is 0. The van der Waals surface area contributed by atoms with Crippen LogP contribution in [0.4, 0.5) is 13.2 Å². The molecule has 0 aliphatic rings. The Kier molecular flexibility index (Phi) is 1.84. The van der Waals surface area contributed by atoms with Crippen LogP contribution in [0.25, 0.3) is 5.65 Å². The highest BCUT2D eigenvalue weighted by Crippen LogP contribution is 2.29. The van der Waals surface area contributed by atoms with Gasteiger partial charge < -0.3 is 0 Å². The molecule has 0 spiro atoms. The number of alkyl halides is 3. The number of nitrogens with one attached hydrogen (secondary N) is 1. The second kappa shape index (κ2) is 2.81. The molecule has 0 aliphatic carbocycles. The number of nitrogens with zero attached hydrogens (tertiary/aromatic N) is 2. The van der Waals surface area contributed by atoms with Gasteiger partial charge >= 0.3 is 6.18 Å². The van der Waals surface area contributed by atoms with Crippen LogP contribution >= 0.6 is 12.2 Å². The molecule has 2 heterocycles. The Morgan fingerprint density at radius 1 is 1.43 bits per heavy atom. The van der Waals surface area contributed by atoms with Gasteiger partial charge in [-0.25, -0.2) is 0 Å². The van der Waals surface area contributed by atoms with Crippen LogP contribution < -0.4 is 0 Å². The van der Waals surface area contributed by atoms with E-state index in [4.69, 9.17) is 12.2 Å². The Hall–Kier alpha value is -1.37. The number of H-pyrrole nitrogens is 1. The molecule has 2 aromatic rings. The van der Waals surface area contributed by atoms with Crippen molar-refractivity contribution in [2.45, 2.75) is 6.18 Å². The van der Waals surface area contributed by atoms with Crippen LogP contribution in [-0.4, -0.2) is 14.6 Å². The van der Waals surface area contributed by atoms with Gasteiger partial charge in [0, 0.05) is 6.20 Å². The van der Waals surface area contributed by atoms with Crippen molar-refractivity contribution in [2.24, 2.45) is 0 Å². The van der Waals surface area contributed by atoms with Crippen molar-refractivity contribution in [3.8, 4) is 0 Å². The van der Waals surface area contributed by atoms with E-state index in [1.54, 1.807) is 0 Å². The van der Waals surface area contributed by atoms with E-state index >= 15 is 0 Å². The smallest absolute Gasteiger partial charge is 0.276 e. The third kappa shape index (κ3) is 1.39. The summed E-state index contributed by atoms with van der Waals surface area (Å²) >= 11 is 4.79. The molecule has 0 unspecified atom stereocenters. The van der Waals surface area contributed by atoms with Gasteiger partial charge in [0.1, 0.15) is 0 Å². The van der Waals surface area contributed by atoms with Crippen molar-refractivity contribution < 1.29 is 13.2 Å². The molecule has 2 aromatic heterocycles. The zero-order valence-corrected chi connectivity index (χ0v) is 7.49. The van der Waals surface area contributed by atoms with E-state index in [2.05, 4.69) is 10.2 Å². The van der Waals surface area contributed by atoms with E-state index in [0.717, 1.165) is 12.1 Å². The molecule has 3 nitrogen and oxygen atoms in total. The lowest BCUT2D eigenvalue weighted by molar-refractivity contribution is -0.137. The Morgan fingerprint density at radius 3 is 2.79 bits per heavy atom. The quantitative estimate of drug-likeness (QED) is 0.690. The van der Waals surface area contributed by atoms with E-state index in [1.165, 1.54) is 10.6 Å². The zero-order valence-electron chi connectivity index (χ0n) is 6.67. The molecule has 0 saturated heterocycles. The summed E-state index contributed by atoms with van der Waals surface area (Å²) < 4.78 is 38.4. The third-order valence-corrected chi connectivity index (χ3v) is 2.03. The summed E-state index contributed by atoms with van der Waals surface area (Å²) in [6.07, 6.45) is -3.11. The van der Waals surface area contributed by atoms with Gasteiger partial charge in [-0.15, -0.1) is 0 Å².